The average Bonchev–Trinajstić information content (AvgIpc) is 2.30. The van der Waals surface area contributed by atoms with E-state index in [0.717, 1.165) is 6.42 Å². The highest BCUT2D eigenvalue weighted by Gasteiger charge is 2.10. The summed E-state index contributed by atoms with van der Waals surface area (Å²) in [5.41, 5.74) is 0.605. The molecular weight excluding hydrogens is 204 g/mol. The molecule has 0 aromatic heterocycles. The van der Waals surface area contributed by atoms with Crippen molar-refractivity contribution in [3.05, 3.63) is 35.9 Å². The summed E-state index contributed by atoms with van der Waals surface area (Å²) in [6.07, 6.45) is 2.64. The van der Waals surface area contributed by atoms with Crippen molar-refractivity contribution in [1.29, 1.82) is 0 Å². The topological polar surface area (TPSA) is 35.5 Å². The number of ether oxygens (including phenoxy) is 2. The van der Waals surface area contributed by atoms with Crippen LogP contribution in [0.1, 0.15) is 20.3 Å². The zero-order valence-corrected chi connectivity index (χ0v) is 9.82. The minimum absolute atomic E-state index is 0.341. The predicted octanol–water partition coefficient (Wildman–Crippen LogP) is 2.96. The third kappa shape index (κ3) is 3.12. The number of allylic oxidation sites excluding steroid dienone is 1. The van der Waals surface area contributed by atoms with Gasteiger partial charge in [0.2, 0.25) is 0 Å². The molecule has 86 valence electrons. The second-order valence-corrected chi connectivity index (χ2v) is 3.34. The van der Waals surface area contributed by atoms with Crippen molar-refractivity contribution in [2.75, 3.05) is 7.11 Å². The zero-order chi connectivity index (χ0) is 12.0. The smallest absolute Gasteiger partial charge is 0.338 e. The van der Waals surface area contributed by atoms with Gasteiger partial charge in [0.05, 0.1) is 7.11 Å². The van der Waals surface area contributed by atoms with E-state index in [2.05, 4.69) is 0 Å². The van der Waals surface area contributed by atoms with E-state index in [9.17, 15) is 4.79 Å². The Kier molecular flexibility index (Phi) is 4.58. The van der Waals surface area contributed by atoms with Gasteiger partial charge in [-0.25, -0.2) is 4.79 Å². The van der Waals surface area contributed by atoms with Crippen LogP contribution in [0.2, 0.25) is 0 Å². The Labute approximate surface area is 95.7 Å². The Hall–Kier alpha value is -1.77. The molecule has 0 fully saturated rings. The number of carbonyl (C=O) groups is 1. The number of hydrogen-bond donors (Lipinski definition) is 0. The van der Waals surface area contributed by atoms with Gasteiger partial charge in [-0.2, -0.15) is 0 Å². The van der Waals surface area contributed by atoms with Gasteiger partial charge in [0.25, 0.3) is 0 Å². The molecule has 0 spiro atoms. The van der Waals surface area contributed by atoms with E-state index < -0.39 is 0 Å². The second-order valence-electron chi connectivity index (χ2n) is 3.34. The molecule has 3 heteroatoms. The lowest BCUT2D eigenvalue weighted by Crippen LogP contribution is -2.09. The molecule has 0 bridgehead atoms. The van der Waals surface area contributed by atoms with Crippen molar-refractivity contribution in [2.24, 2.45) is 0 Å². The highest BCUT2D eigenvalue weighted by Crippen LogP contribution is 2.26. The first kappa shape index (κ1) is 12.3. The number of carbonyl (C=O) groups excluding carboxylic acids is 1. The Morgan fingerprint density at radius 1 is 1.31 bits per heavy atom. The molecule has 16 heavy (non-hydrogen) atoms. The first-order chi connectivity index (χ1) is 7.69. The largest absolute Gasteiger partial charge is 0.493 e. The van der Waals surface area contributed by atoms with Gasteiger partial charge in [-0.15, -0.1) is 0 Å². The lowest BCUT2D eigenvalue weighted by atomic mass is 10.2. The van der Waals surface area contributed by atoms with Gasteiger partial charge in [-0.3, -0.25) is 0 Å². The molecule has 0 atom stereocenters. The molecule has 0 aliphatic carbocycles. The quantitative estimate of drug-likeness (QED) is 0.444. The molecule has 0 heterocycles. The highest BCUT2D eigenvalue weighted by atomic mass is 16.6. The number of para-hydroxylation sites is 2. The van der Waals surface area contributed by atoms with Gasteiger partial charge >= 0.3 is 5.97 Å². The van der Waals surface area contributed by atoms with E-state index in [1.807, 2.05) is 19.1 Å². The minimum Gasteiger partial charge on any atom is -0.493 e. The maximum Gasteiger partial charge on any atom is 0.338 e. The van der Waals surface area contributed by atoms with Crippen molar-refractivity contribution in [2.45, 2.75) is 20.3 Å². The Balaban J connectivity index is 2.80. The molecular formula is C13H16O3. The first-order valence-corrected chi connectivity index (χ1v) is 5.21. The van der Waals surface area contributed by atoms with Crippen LogP contribution in [-0.2, 0) is 4.79 Å². The van der Waals surface area contributed by atoms with Gasteiger partial charge in [-0.1, -0.05) is 25.1 Å². The number of benzene rings is 1. The summed E-state index contributed by atoms with van der Waals surface area (Å²) in [7, 11) is 1.54. The molecule has 3 nitrogen and oxygen atoms in total. The third-order valence-corrected chi connectivity index (χ3v) is 2.10. The molecule has 0 N–H and O–H groups in total. The number of hydrogen-bond acceptors (Lipinski definition) is 3. The van der Waals surface area contributed by atoms with Crippen LogP contribution in [0.4, 0.5) is 0 Å². The van der Waals surface area contributed by atoms with Crippen molar-refractivity contribution >= 4 is 5.97 Å². The van der Waals surface area contributed by atoms with Crippen molar-refractivity contribution in [3.8, 4) is 11.5 Å². The fraction of sp³-hybridized carbons (Fsp3) is 0.308. The van der Waals surface area contributed by atoms with Crippen LogP contribution in [0.3, 0.4) is 0 Å². The molecule has 0 amide bonds. The van der Waals surface area contributed by atoms with E-state index in [4.69, 9.17) is 9.47 Å². The summed E-state index contributed by atoms with van der Waals surface area (Å²) in [6, 6.07) is 7.08. The molecule has 0 radical (unpaired) electrons. The second kappa shape index (κ2) is 5.95. The van der Waals surface area contributed by atoms with Crippen molar-refractivity contribution < 1.29 is 14.3 Å². The van der Waals surface area contributed by atoms with Crippen LogP contribution in [-0.4, -0.2) is 13.1 Å². The van der Waals surface area contributed by atoms with Crippen LogP contribution in [0.25, 0.3) is 0 Å². The molecule has 0 aliphatic rings. The molecule has 0 saturated carbocycles. The molecule has 1 aromatic carbocycles. The van der Waals surface area contributed by atoms with Crippen LogP contribution >= 0.6 is 0 Å². The average molecular weight is 220 g/mol. The Morgan fingerprint density at radius 3 is 2.50 bits per heavy atom. The van der Waals surface area contributed by atoms with Gasteiger partial charge in [0.15, 0.2) is 11.5 Å². The maximum absolute atomic E-state index is 11.6. The molecule has 1 aromatic rings. The Morgan fingerprint density at radius 2 is 1.94 bits per heavy atom. The van der Waals surface area contributed by atoms with Gasteiger partial charge in [-0.05, 0) is 25.5 Å². The predicted molar refractivity (Wildman–Crippen MR) is 62.7 cm³/mol. The minimum atomic E-state index is -0.341. The molecule has 0 saturated heterocycles. The summed E-state index contributed by atoms with van der Waals surface area (Å²) in [4.78, 5) is 11.6. The summed E-state index contributed by atoms with van der Waals surface area (Å²) in [6.45, 7) is 3.71. The summed E-state index contributed by atoms with van der Waals surface area (Å²) >= 11 is 0. The molecule has 1 rings (SSSR count). The summed E-state index contributed by atoms with van der Waals surface area (Å²) < 4.78 is 10.3. The fourth-order valence-electron chi connectivity index (χ4n) is 1.27. The van der Waals surface area contributed by atoms with Gasteiger partial charge in [0, 0.05) is 5.57 Å². The van der Waals surface area contributed by atoms with Crippen molar-refractivity contribution in [3.63, 3.8) is 0 Å². The SMILES string of the molecule is CCC=C(C)C(=O)Oc1ccccc1OC. The van der Waals surface area contributed by atoms with E-state index in [1.54, 1.807) is 32.2 Å². The number of rotatable bonds is 4. The Bertz CT molecular complexity index is 394. The highest BCUT2D eigenvalue weighted by molar-refractivity contribution is 5.89. The van der Waals surface area contributed by atoms with Gasteiger partial charge < -0.3 is 9.47 Å². The normalized spacial score (nSPS) is 11.1. The summed E-state index contributed by atoms with van der Waals surface area (Å²) in [5, 5.41) is 0. The number of methoxy groups -OCH3 is 1. The lowest BCUT2D eigenvalue weighted by Gasteiger charge is -2.08. The monoisotopic (exact) mass is 220 g/mol. The van der Waals surface area contributed by atoms with Crippen LogP contribution in [0, 0.1) is 0 Å². The van der Waals surface area contributed by atoms with Crippen LogP contribution < -0.4 is 9.47 Å². The van der Waals surface area contributed by atoms with E-state index in [-0.39, 0.29) is 5.97 Å². The maximum atomic E-state index is 11.6. The van der Waals surface area contributed by atoms with E-state index >= 15 is 0 Å². The number of esters is 1. The molecule has 0 unspecified atom stereocenters. The van der Waals surface area contributed by atoms with Crippen LogP contribution in [0.15, 0.2) is 35.9 Å². The zero-order valence-electron chi connectivity index (χ0n) is 9.82. The van der Waals surface area contributed by atoms with E-state index in [0.29, 0.717) is 17.1 Å². The van der Waals surface area contributed by atoms with Gasteiger partial charge in [0.1, 0.15) is 0 Å². The lowest BCUT2D eigenvalue weighted by molar-refractivity contribution is -0.130. The third-order valence-electron chi connectivity index (χ3n) is 2.10. The fourth-order valence-corrected chi connectivity index (χ4v) is 1.27. The summed E-state index contributed by atoms with van der Waals surface area (Å²) in [5.74, 6) is 0.658. The molecule has 0 aliphatic heterocycles. The first-order valence-electron chi connectivity index (χ1n) is 5.21. The van der Waals surface area contributed by atoms with E-state index in [1.165, 1.54) is 0 Å². The van der Waals surface area contributed by atoms with Crippen molar-refractivity contribution in [1.82, 2.24) is 0 Å². The standard InChI is InChI=1S/C13H16O3/c1-4-7-10(2)13(14)16-12-9-6-5-8-11(12)15-3/h5-9H,4H2,1-3H3. The van der Waals surface area contributed by atoms with Crippen LogP contribution in [0.5, 0.6) is 11.5 Å².